The maximum absolute atomic E-state index is 12.6. The van der Waals surface area contributed by atoms with E-state index in [1.54, 1.807) is 10.9 Å². The van der Waals surface area contributed by atoms with E-state index >= 15 is 0 Å². The molecule has 1 atom stereocenters. The molecule has 0 spiro atoms. The number of hydrogen-bond acceptors (Lipinski definition) is 5. The molecular weight excluding hydrogens is 394 g/mol. The number of rotatable bonds is 3. The van der Waals surface area contributed by atoms with Crippen LogP contribution in [0.25, 0.3) is 16.7 Å². The van der Waals surface area contributed by atoms with Gasteiger partial charge in [-0.1, -0.05) is 29.8 Å². The first-order valence-electron chi connectivity index (χ1n) is 8.91. The third kappa shape index (κ3) is 3.06. The lowest BCUT2D eigenvalue weighted by atomic mass is 10.0. The molecule has 8 heteroatoms. The summed E-state index contributed by atoms with van der Waals surface area (Å²) in [4.78, 5) is 21.3. The molecule has 28 heavy (non-hydrogen) atoms. The maximum atomic E-state index is 12.6. The highest BCUT2D eigenvalue weighted by Crippen LogP contribution is 2.38. The fraction of sp³-hybridized carbons (Fsp3) is 0.150. The lowest BCUT2D eigenvalue weighted by Gasteiger charge is -2.26. The number of halogens is 1. The average Bonchev–Trinajstić information content (AvgIpc) is 3.14. The predicted molar refractivity (Wildman–Crippen MR) is 113 cm³/mol. The van der Waals surface area contributed by atoms with Crippen LogP contribution in [-0.2, 0) is 0 Å². The van der Waals surface area contributed by atoms with Gasteiger partial charge in [-0.15, -0.1) is 11.8 Å². The van der Waals surface area contributed by atoms with Crippen LogP contribution >= 0.6 is 23.4 Å². The van der Waals surface area contributed by atoms with Crippen LogP contribution in [0, 0.1) is 0 Å². The molecule has 2 aromatic carbocycles. The Bertz CT molecular complexity index is 1220. The summed E-state index contributed by atoms with van der Waals surface area (Å²) in [6, 6.07) is 15.6. The van der Waals surface area contributed by atoms with E-state index in [0.29, 0.717) is 22.0 Å². The smallest absolute Gasteiger partial charge is 0.263 e. The molecule has 3 heterocycles. The van der Waals surface area contributed by atoms with Gasteiger partial charge in [0.15, 0.2) is 5.65 Å². The van der Waals surface area contributed by atoms with E-state index < -0.39 is 0 Å². The van der Waals surface area contributed by atoms with Gasteiger partial charge in [0.05, 0.1) is 17.9 Å². The van der Waals surface area contributed by atoms with Crippen molar-refractivity contribution >= 4 is 40.3 Å². The molecule has 0 aliphatic carbocycles. The molecule has 1 aliphatic rings. The molecule has 2 N–H and O–H groups in total. The van der Waals surface area contributed by atoms with Crippen LogP contribution in [0.5, 0.6) is 0 Å². The Morgan fingerprint density at radius 1 is 1.21 bits per heavy atom. The summed E-state index contributed by atoms with van der Waals surface area (Å²) in [5, 5.41) is 8.89. The van der Waals surface area contributed by atoms with Gasteiger partial charge in [-0.05, 0) is 42.3 Å². The second-order valence-electron chi connectivity index (χ2n) is 6.56. The predicted octanol–water partition coefficient (Wildman–Crippen LogP) is 4.41. The van der Waals surface area contributed by atoms with E-state index in [0.717, 1.165) is 23.4 Å². The highest BCUT2D eigenvalue weighted by molar-refractivity contribution is 7.99. The molecule has 0 radical (unpaired) electrons. The molecule has 2 aromatic heterocycles. The topological polar surface area (TPSA) is 75.6 Å². The SMILES string of the molecule is O=c1[nH]c(NC2CCSc3ccc(Cl)cc32)nc2c1cnn2-c1ccccc1. The van der Waals surface area contributed by atoms with Crippen molar-refractivity contribution in [2.24, 2.45) is 0 Å². The van der Waals surface area contributed by atoms with Gasteiger partial charge < -0.3 is 5.32 Å². The summed E-state index contributed by atoms with van der Waals surface area (Å²) in [5.41, 5.74) is 2.29. The summed E-state index contributed by atoms with van der Waals surface area (Å²) < 4.78 is 1.68. The van der Waals surface area contributed by atoms with Crippen molar-refractivity contribution in [3.63, 3.8) is 0 Å². The molecule has 6 nitrogen and oxygen atoms in total. The Balaban J connectivity index is 1.56. The van der Waals surface area contributed by atoms with Gasteiger partial charge in [0, 0.05) is 15.7 Å². The van der Waals surface area contributed by atoms with Crippen LogP contribution < -0.4 is 10.9 Å². The average molecular weight is 410 g/mol. The van der Waals surface area contributed by atoms with Crippen molar-refractivity contribution in [2.75, 3.05) is 11.1 Å². The monoisotopic (exact) mass is 409 g/mol. The molecule has 1 unspecified atom stereocenters. The zero-order valence-electron chi connectivity index (χ0n) is 14.7. The Labute approximate surface area is 170 Å². The number of thioether (sulfide) groups is 1. The van der Waals surface area contributed by atoms with Crippen molar-refractivity contribution in [2.45, 2.75) is 17.4 Å². The third-order valence-electron chi connectivity index (χ3n) is 4.76. The van der Waals surface area contributed by atoms with Gasteiger partial charge in [0.25, 0.3) is 5.56 Å². The van der Waals surface area contributed by atoms with Crippen molar-refractivity contribution in [1.82, 2.24) is 19.7 Å². The largest absolute Gasteiger partial charge is 0.349 e. The van der Waals surface area contributed by atoms with Crippen LogP contribution in [0.4, 0.5) is 5.95 Å². The van der Waals surface area contributed by atoms with Crippen LogP contribution in [0.3, 0.4) is 0 Å². The number of fused-ring (bicyclic) bond motifs is 2. The minimum absolute atomic E-state index is 0.0312. The van der Waals surface area contributed by atoms with Crippen molar-refractivity contribution in [1.29, 1.82) is 0 Å². The standard InChI is InChI=1S/C20H16ClN5OS/c21-12-6-7-17-14(10-12)16(8-9-28-17)23-20-24-18-15(19(27)25-20)11-22-26(18)13-4-2-1-3-5-13/h1-7,10-11,16H,8-9H2,(H2,23,24,25,27). The number of hydrogen-bond donors (Lipinski definition) is 2. The van der Waals surface area contributed by atoms with E-state index in [1.165, 1.54) is 4.90 Å². The molecule has 0 saturated heterocycles. The number of nitrogens with one attached hydrogen (secondary N) is 2. The van der Waals surface area contributed by atoms with E-state index in [4.69, 9.17) is 11.6 Å². The number of benzene rings is 2. The molecule has 0 saturated carbocycles. The zero-order valence-corrected chi connectivity index (χ0v) is 16.3. The molecule has 140 valence electrons. The number of aromatic nitrogens is 4. The van der Waals surface area contributed by atoms with Crippen LogP contribution in [0.15, 0.2) is 64.4 Å². The highest BCUT2D eigenvalue weighted by Gasteiger charge is 2.22. The van der Waals surface area contributed by atoms with Crippen molar-refractivity contribution in [3.8, 4) is 5.69 Å². The van der Waals surface area contributed by atoms with Crippen molar-refractivity contribution in [3.05, 3.63) is 75.7 Å². The maximum Gasteiger partial charge on any atom is 0.263 e. The molecule has 0 fully saturated rings. The normalized spacial score (nSPS) is 16.1. The number of anilines is 1. The molecular formula is C20H16ClN5OS. The number of H-pyrrole nitrogens is 1. The Kier molecular flexibility index (Phi) is 4.33. The van der Waals surface area contributed by atoms with Gasteiger partial charge in [0.2, 0.25) is 5.95 Å². The molecule has 0 bridgehead atoms. The van der Waals surface area contributed by atoms with E-state index in [-0.39, 0.29) is 11.6 Å². The van der Waals surface area contributed by atoms with E-state index in [2.05, 4.69) is 20.4 Å². The first-order valence-corrected chi connectivity index (χ1v) is 10.3. The van der Waals surface area contributed by atoms with Gasteiger partial charge in [0.1, 0.15) is 5.39 Å². The minimum Gasteiger partial charge on any atom is -0.349 e. The minimum atomic E-state index is -0.216. The van der Waals surface area contributed by atoms with Gasteiger partial charge in [-0.2, -0.15) is 10.1 Å². The summed E-state index contributed by atoms with van der Waals surface area (Å²) in [5.74, 6) is 1.42. The van der Waals surface area contributed by atoms with Crippen molar-refractivity contribution < 1.29 is 0 Å². The van der Waals surface area contributed by atoms with Crippen LogP contribution in [0.1, 0.15) is 18.0 Å². The molecule has 4 aromatic rings. The number of aromatic amines is 1. The second kappa shape index (κ2) is 7.00. The first-order chi connectivity index (χ1) is 13.7. The molecule has 5 rings (SSSR count). The number of para-hydroxylation sites is 1. The second-order valence-corrected chi connectivity index (χ2v) is 8.13. The van der Waals surface area contributed by atoms with E-state index in [9.17, 15) is 4.79 Å². The van der Waals surface area contributed by atoms with Gasteiger partial charge in [-0.25, -0.2) is 4.68 Å². The Hall–Kier alpha value is -2.77. The summed E-state index contributed by atoms with van der Waals surface area (Å²) in [6.07, 6.45) is 2.46. The van der Waals surface area contributed by atoms with Gasteiger partial charge in [-0.3, -0.25) is 9.78 Å². The third-order valence-corrected chi connectivity index (χ3v) is 6.12. The summed E-state index contributed by atoms with van der Waals surface area (Å²) >= 11 is 8.01. The Morgan fingerprint density at radius 3 is 2.93 bits per heavy atom. The van der Waals surface area contributed by atoms with Crippen LogP contribution in [-0.4, -0.2) is 25.5 Å². The number of nitrogens with zero attached hydrogens (tertiary/aromatic N) is 3. The van der Waals surface area contributed by atoms with Crippen LogP contribution in [0.2, 0.25) is 5.02 Å². The van der Waals surface area contributed by atoms with Gasteiger partial charge >= 0.3 is 0 Å². The first kappa shape index (κ1) is 17.3. The zero-order chi connectivity index (χ0) is 19.1. The van der Waals surface area contributed by atoms with E-state index in [1.807, 2.05) is 60.3 Å². The fourth-order valence-electron chi connectivity index (χ4n) is 3.43. The highest BCUT2D eigenvalue weighted by atomic mass is 35.5. The molecule has 1 aliphatic heterocycles. The quantitative estimate of drug-likeness (QED) is 0.524. The lowest BCUT2D eigenvalue weighted by Crippen LogP contribution is -2.20. The molecule has 0 amide bonds. The summed E-state index contributed by atoms with van der Waals surface area (Å²) in [7, 11) is 0. The fourth-order valence-corrected chi connectivity index (χ4v) is 4.71. The summed E-state index contributed by atoms with van der Waals surface area (Å²) in [6.45, 7) is 0. The Morgan fingerprint density at radius 2 is 2.07 bits per heavy atom. The lowest BCUT2D eigenvalue weighted by molar-refractivity contribution is 0.718.